The van der Waals surface area contributed by atoms with E-state index in [1.807, 2.05) is 25.1 Å². The lowest BCUT2D eigenvalue weighted by molar-refractivity contribution is -0.181. The number of likely N-dealkylation sites (tertiary alicyclic amines) is 1. The third kappa shape index (κ3) is 3.91. The van der Waals surface area contributed by atoms with Crippen molar-refractivity contribution in [3.05, 3.63) is 23.1 Å². The van der Waals surface area contributed by atoms with Crippen LogP contribution >= 0.6 is 0 Å². The van der Waals surface area contributed by atoms with Crippen LogP contribution in [0.5, 0.6) is 0 Å². The van der Waals surface area contributed by atoms with Crippen LogP contribution in [0, 0.1) is 23.7 Å². The highest BCUT2D eigenvalue weighted by atomic mass is 16.4. The van der Waals surface area contributed by atoms with Crippen LogP contribution in [0.15, 0.2) is 10.5 Å². The zero-order valence-electron chi connectivity index (χ0n) is 23.7. The summed E-state index contributed by atoms with van der Waals surface area (Å²) >= 11 is 0. The molecule has 2 heterocycles. The number of carbonyl (C=O) groups excluding carboxylic acids is 5. The van der Waals surface area contributed by atoms with Crippen molar-refractivity contribution in [1.82, 2.24) is 14.8 Å². The molecule has 6 atom stereocenters. The fourth-order valence-electron chi connectivity index (χ4n) is 7.68. The maximum atomic E-state index is 14.3. The normalized spacial score (nSPS) is 31.9. The summed E-state index contributed by atoms with van der Waals surface area (Å²) in [6.07, 6.45) is 2.57. The molecule has 12 nitrogen and oxygen atoms in total. The van der Waals surface area contributed by atoms with Gasteiger partial charge in [0.15, 0.2) is 40.2 Å². The minimum Gasteiger partial charge on any atom is -0.438 e. The van der Waals surface area contributed by atoms with Crippen LogP contribution in [0.4, 0.5) is 5.69 Å². The number of aliphatic hydroxyl groups is 1. The molecule has 0 radical (unpaired) electrons. The topological polar surface area (TPSA) is 167 Å². The van der Waals surface area contributed by atoms with Gasteiger partial charge in [-0.25, -0.2) is 4.98 Å². The number of fused-ring (bicyclic) bond motifs is 5. The Morgan fingerprint density at radius 3 is 2.44 bits per heavy atom. The van der Waals surface area contributed by atoms with Crippen LogP contribution in [0.1, 0.15) is 41.1 Å². The number of likely N-dealkylation sites (N-methyl/N-ethyl adjacent to an activating group) is 1. The average molecular weight is 566 g/mol. The van der Waals surface area contributed by atoms with Gasteiger partial charge in [-0.2, -0.15) is 0 Å². The van der Waals surface area contributed by atoms with E-state index in [0.717, 1.165) is 31.6 Å². The highest BCUT2D eigenvalue weighted by molar-refractivity contribution is 6.32. The Bertz CT molecular complexity index is 1510. The quantitative estimate of drug-likeness (QED) is 0.467. The Morgan fingerprint density at radius 2 is 1.83 bits per heavy atom. The van der Waals surface area contributed by atoms with Crippen LogP contribution < -0.4 is 10.6 Å². The summed E-state index contributed by atoms with van der Waals surface area (Å²) in [6.45, 7) is 2.38. The van der Waals surface area contributed by atoms with Gasteiger partial charge < -0.3 is 20.2 Å². The molecule has 1 aromatic heterocycles. The number of oxazole rings is 1. The van der Waals surface area contributed by atoms with Crippen LogP contribution in [0.25, 0.3) is 11.1 Å². The molecule has 2 aromatic rings. The fourth-order valence-corrected chi connectivity index (χ4v) is 7.68. The lowest BCUT2D eigenvalue weighted by Gasteiger charge is -2.52. The van der Waals surface area contributed by atoms with Crippen molar-refractivity contribution < 1.29 is 33.5 Å². The number of nitrogens with two attached hydrogens (primary N) is 1. The monoisotopic (exact) mass is 565 g/mol. The second-order valence-corrected chi connectivity index (χ2v) is 12.4. The number of Topliss-reactive ketones (excluding diaryl/α,β-unsaturated/α-hetero) is 4. The molecule has 12 heteroatoms. The van der Waals surface area contributed by atoms with Gasteiger partial charge in [0.2, 0.25) is 11.8 Å². The third-order valence-electron chi connectivity index (χ3n) is 9.50. The van der Waals surface area contributed by atoms with Gasteiger partial charge in [-0.15, -0.1) is 0 Å². The predicted molar refractivity (Wildman–Crippen MR) is 146 cm³/mol. The van der Waals surface area contributed by atoms with Crippen molar-refractivity contribution in [2.45, 2.75) is 43.9 Å². The van der Waals surface area contributed by atoms with Crippen molar-refractivity contribution >= 4 is 45.8 Å². The summed E-state index contributed by atoms with van der Waals surface area (Å²) in [5.74, 6) is -9.25. The molecular formula is C29H35N5O7. The van der Waals surface area contributed by atoms with E-state index >= 15 is 0 Å². The maximum absolute atomic E-state index is 14.3. The Balaban J connectivity index is 1.48. The summed E-state index contributed by atoms with van der Waals surface area (Å²) < 4.78 is 6.17. The van der Waals surface area contributed by atoms with Crippen LogP contribution in [0.3, 0.4) is 0 Å². The number of rotatable bonds is 5. The molecule has 41 heavy (non-hydrogen) atoms. The number of hydrogen-bond donors (Lipinski definition) is 2. The molecule has 1 aliphatic heterocycles. The predicted octanol–water partition coefficient (Wildman–Crippen LogP) is -0.0356. The molecule has 2 unspecified atom stereocenters. The van der Waals surface area contributed by atoms with Crippen molar-refractivity contribution in [2.75, 3.05) is 46.2 Å². The van der Waals surface area contributed by atoms with Gasteiger partial charge in [0.25, 0.3) is 0 Å². The van der Waals surface area contributed by atoms with E-state index in [1.165, 1.54) is 4.90 Å². The molecule has 3 fully saturated rings. The maximum Gasteiger partial charge on any atom is 0.235 e. The zero-order valence-corrected chi connectivity index (χ0v) is 23.7. The Kier molecular flexibility index (Phi) is 6.44. The molecular weight excluding hydrogens is 530 g/mol. The summed E-state index contributed by atoms with van der Waals surface area (Å²) in [7, 11) is 6.88. The molecule has 1 amide bonds. The summed E-state index contributed by atoms with van der Waals surface area (Å²) in [4.78, 5) is 77.7. The molecule has 1 aromatic carbocycles. The molecule has 1 saturated heterocycles. The first-order valence-corrected chi connectivity index (χ1v) is 14.1. The lowest BCUT2D eigenvalue weighted by atomic mass is 9.52. The molecule has 6 rings (SSSR count). The third-order valence-corrected chi connectivity index (χ3v) is 9.50. The van der Waals surface area contributed by atoms with E-state index in [4.69, 9.17) is 10.2 Å². The van der Waals surface area contributed by atoms with E-state index in [0.29, 0.717) is 29.9 Å². The second kappa shape index (κ2) is 9.53. The first-order valence-electron chi connectivity index (χ1n) is 14.1. The van der Waals surface area contributed by atoms with Crippen LogP contribution in [-0.4, -0.2) is 102 Å². The van der Waals surface area contributed by atoms with Crippen molar-refractivity contribution in [3.8, 4) is 0 Å². The number of carbonyl (C=O) groups is 5. The first-order chi connectivity index (χ1) is 19.4. The minimum atomic E-state index is -2.70. The number of primary amides is 1. The van der Waals surface area contributed by atoms with Gasteiger partial charge in [-0.05, 0) is 70.4 Å². The number of amides is 1. The van der Waals surface area contributed by atoms with Crippen LogP contribution in [-0.2, 0) is 32.1 Å². The Morgan fingerprint density at radius 1 is 1.15 bits per heavy atom. The van der Waals surface area contributed by atoms with Gasteiger partial charge in [-0.1, -0.05) is 0 Å². The number of nitrogens with zero attached hydrogens (tertiary/aromatic N) is 4. The van der Waals surface area contributed by atoms with E-state index in [2.05, 4.69) is 9.88 Å². The highest BCUT2D eigenvalue weighted by Gasteiger charge is 2.69. The van der Waals surface area contributed by atoms with Gasteiger partial charge in [0.1, 0.15) is 5.52 Å². The molecule has 0 spiro atoms. The molecule has 4 aliphatic rings. The van der Waals surface area contributed by atoms with E-state index in [9.17, 15) is 29.1 Å². The van der Waals surface area contributed by atoms with Gasteiger partial charge in [0.05, 0.1) is 24.1 Å². The number of aromatic nitrogens is 1. The van der Waals surface area contributed by atoms with E-state index in [1.54, 1.807) is 14.1 Å². The average Bonchev–Trinajstić information content (AvgIpc) is 3.54. The highest BCUT2D eigenvalue weighted by Crippen LogP contribution is 2.51. The lowest BCUT2D eigenvalue weighted by Crippen LogP contribution is -2.74. The fraction of sp³-hybridized carbons (Fsp3) is 0.586. The summed E-state index contributed by atoms with van der Waals surface area (Å²) in [5.41, 5.74) is 5.21. The number of anilines is 1. The number of ketones is 4. The second-order valence-electron chi connectivity index (χ2n) is 12.4. The van der Waals surface area contributed by atoms with E-state index in [-0.39, 0.29) is 17.6 Å². The Hall–Kier alpha value is -3.48. The molecule has 3 aliphatic carbocycles. The van der Waals surface area contributed by atoms with Crippen molar-refractivity contribution in [2.24, 2.45) is 29.4 Å². The molecule has 218 valence electrons. The minimum absolute atomic E-state index is 0.0609. The van der Waals surface area contributed by atoms with Gasteiger partial charge in [-0.3, -0.25) is 33.8 Å². The molecule has 3 N–H and O–H groups in total. The Labute approximate surface area is 236 Å². The SMILES string of the molecule is CN(C)c1cc2nc(CN3CCCC3)oc2c2c1C[C@H]1C[C@H]3[C@H](N(C)C)C(=O)C(C(N)=O)C(=O)[C@@]3(O)C(=O)C1C2=O. The first kappa shape index (κ1) is 27.7. The van der Waals surface area contributed by atoms with E-state index < -0.39 is 64.4 Å². The summed E-state index contributed by atoms with van der Waals surface area (Å²) in [6, 6.07) is 0.780. The van der Waals surface area contributed by atoms with Crippen molar-refractivity contribution in [1.29, 1.82) is 0 Å². The van der Waals surface area contributed by atoms with Crippen molar-refractivity contribution in [3.63, 3.8) is 0 Å². The van der Waals surface area contributed by atoms with Gasteiger partial charge >= 0.3 is 0 Å². The standard InChI is InChI=1S/C29H35N5O7/c1-32(2)17-11-16-25(41-18(31-16)12-34-7-5-6-8-34)20-14(17)9-13-10-15-22(33(3)4)24(36)21(28(30)39)27(38)29(15,40)26(37)19(13)23(20)35/h11,13,15,19,21-22,40H,5-10,12H2,1-4H3,(H2,30,39)/t13-,15-,19?,21?,22-,29-/m0/s1. The van der Waals surface area contributed by atoms with Gasteiger partial charge in [0, 0.05) is 25.7 Å². The number of hydrogen-bond acceptors (Lipinski definition) is 11. The summed E-state index contributed by atoms with van der Waals surface area (Å²) in [5, 5.41) is 11.8. The molecule has 2 saturated carbocycles. The largest absolute Gasteiger partial charge is 0.438 e. The molecule has 0 bridgehead atoms. The number of benzene rings is 1. The smallest absolute Gasteiger partial charge is 0.235 e. The van der Waals surface area contributed by atoms with Crippen LogP contribution in [0.2, 0.25) is 0 Å². The zero-order chi connectivity index (χ0) is 29.5.